The smallest absolute Gasteiger partial charge is 0.164 e. The number of rotatable bonds is 5. The molecule has 0 aliphatic rings. The second-order valence-electron chi connectivity index (χ2n) is 5.43. The van der Waals surface area contributed by atoms with Crippen LogP contribution in [0.2, 0.25) is 0 Å². The Bertz CT molecular complexity index is 187. The van der Waals surface area contributed by atoms with E-state index < -0.39 is 5.60 Å². The van der Waals surface area contributed by atoms with Crippen molar-refractivity contribution >= 4 is 5.78 Å². The van der Waals surface area contributed by atoms with Crippen LogP contribution in [0.15, 0.2) is 0 Å². The van der Waals surface area contributed by atoms with E-state index in [1.807, 2.05) is 20.8 Å². The van der Waals surface area contributed by atoms with Crippen LogP contribution in [0.4, 0.5) is 0 Å². The monoisotopic (exact) mass is 200 g/mol. The van der Waals surface area contributed by atoms with Gasteiger partial charge in [0.15, 0.2) is 5.78 Å². The van der Waals surface area contributed by atoms with E-state index in [0.29, 0.717) is 13.0 Å². The van der Waals surface area contributed by atoms with E-state index in [-0.39, 0.29) is 11.2 Å². The molecule has 2 heteroatoms. The standard InChI is InChI=1S/C12H24O2/c1-7-14-12(5,6)10(13)8-9-11(2,3)4/h7-9H2,1-6H3. The summed E-state index contributed by atoms with van der Waals surface area (Å²) in [4.78, 5) is 11.8. The van der Waals surface area contributed by atoms with Gasteiger partial charge >= 0.3 is 0 Å². The lowest BCUT2D eigenvalue weighted by Gasteiger charge is -2.25. The molecule has 0 saturated heterocycles. The Morgan fingerprint density at radius 2 is 1.64 bits per heavy atom. The third-order valence-corrected chi connectivity index (χ3v) is 2.28. The van der Waals surface area contributed by atoms with Gasteiger partial charge in [0.05, 0.1) is 0 Å². The average Bonchev–Trinajstić information content (AvgIpc) is 1.98. The van der Waals surface area contributed by atoms with Gasteiger partial charge in [-0.05, 0) is 32.6 Å². The molecule has 0 bridgehead atoms. The Hall–Kier alpha value is -0.370. The lowest BCUT2D eigenvalue weighted by atomic mass is 9.87. The van der Waals surface area contributed by atoms with Crippen LogP contribution >= 0.6 is 0 Å². The van der Waals surface area contributed by atoms with Gasteiger partial charge in [-0.1, -0.05) is 20.8 Å². The topological polar surface area (TPSA) is 26.3 Å². The normalized spacial score (nSPS) is 13.0. The fourth-order valence-corrected chi connectivity index (χ4v) is 1.23. The number of hydrogen-bond acceptors (Lipinski definition) is 2. The zero-order chi connectivity index (χ0) is 11.4. The van der Waals surface area contributed by atoms with Crippen molar-refractivity contribution < 1.29 is 9.53 Å². The van der Waals surface area contributed by atoms with Crippen molar-refractivity contribution in [3.63, 3.8) is 0 Å². The Morgan fingerprint density at radius 1 is 1.14 bits per heavy atom. The highest BCUT2D eigenvalue weighted by Crippen LogP contribution is 2.23. The van der Waals surface area contributed by atoms with Crippen LogP contribution in [0.1, 0.15) is 54.4 Å². The molecule has 0 saturated carbocycles. The van der Waals surface area contributed by atoms with E-state index in [1.54, 1.807) is 0 Å². The molecule has 0 heterocycles. The second-order valence-corrected chi connectivity index (χ2v) is 5.43. The van der Waals surface area contributed by atoms with Crippen LogP contribution in [0.5, 0.6) is 0 Å². The molecule has 14 heavy (non-hydrogen) atoms. The Morgan fingerprint density at radius 3 is 2.00 bits per heavy atom. The van der Waals surface area contributed by atoms with Crippen molar-refractivity contribution in [3.05, 3.63) is 0 Å². The van der Waals surface area contributed by atoms with Crippen molar-refractivity contribution in [2.45, 2.75) is 60.0 Å². The molecule has 0 aromatic carbocycles. The summed E-state index contributed by atoms with van der Waals surface area (Å²) in [6.45, 7) is 12.6. The molecule has 0 aliphatic heterocycles. The van der Waals surface area contributed by atoms with E-state index >= 15 is 0 Å². The van der Waals surface area contributed by atoms with Gasteiger partial charge < -0.3 is 4.74 Å². The summed E-state index contributed by atoms with van der Waals surface area (Å²) in [5, 5.41) is 0. The van der Waals surface area contributed by atoms with E-state index in [9.17, 15) is 4.79 Å². The molecule has 0 unspecified atom stereocenters. The first-order valence-electron chi connectivity index (χ1n) is 5.36. The Balaban J connectivity index is 4.08. The lowest BCUT2D eigenvalue weighted by Crippen LogP contribution is -2.35. The van der Waals surface area contributed by atoms with Gasteiger partial charge in [0, 0.05) is 13.0 Å². The number of carbonyl (C=O) groups is 1. The predicted octanol–water partition coefficient (Wildman–Crippen LogP) is 3.20. The number of ether oxygens (including phenoxy) is 1. The van der Waals surface area contributed by atoms with E-state index in [4.69, 9.17) is 4.74 Å². The van der Waals surface area contributed by atoms with E-state index in [2.05, 4.69) is 20.8 Å². The highest BCUT2D eigenvalue weighted by molar-refractivity contribution is 5.86. The molecule has 84 valence electrons. The van der Waals surface area contributed by atoms with Crippen LogP contribution in [0.3, 0.4) is 0 Å². The molecule has 0 aromatic heterocycles. The first-order chi connectivity index (χ1) is 6.19. The first kappa shape index (κ1) is 13.6. The van der Waals surface area contributed by atoms with Gasteiger partial charge in [0.25, 0.3) is 0 Å². The van der Waals surface area contributed by atoms with Gasteiger partial charge in [-0.25, -0.2) is 0 Å². The van der Waals surface area contributed by atoms with Gasteiger partial charge in [-0.15, -0.1) is 0 Å². The van der Waals surface area contributed by atoms with E-state index in [0.717, 1.165) is 6.42 Å². The maximum Gasteiger partial charge on any atom is 0.164 e. The summed E-state index contributed by atoms with van der Waals surface area (Å²) in [5.74, 6) is 0.203. The van der Waals surface area contributed by atoms with Crippen molar-refractivity contribution in [1.29, 1.82) is 0 Å². The Kier molecular flexibility index (Phi) is 4.79. The third kappa shape index (κ3) is 5.38. The van der Waals surface area contributed by atoms with Gasteiger partial charge in [-0.3, -0.25) is 4.79 Å². The van der Waals surface area contributed by atoms with Crippen molar-refractivity contribution in [2.24, 2.45) is 5.41 Å². The van der Waals surface area contributed by atoms with E-state index in [1.165, 1.54) is 0 Å². The van der Waals surface area contributed by atoms with Gasteiger partial charge in [-0.2, -0.15) is 0 Å². The van der Waals surface area contributed by atoms with Gasteiger partial charge in [0.1, 0.15) is 5.60 Å². The van der Waals surface area contributed by atoms with Crippen LogP contribution < -0.4 is 0 Å². The molecule has 0 spiro atoms. The molecule has 0 amide bonds. The minimum atomic E-state index is -0.611. The molecule has 2 nitrogen and oxygen atoms in total. The average molecular weight is 200 g/mol. The zero-order valence-electron chi connectivity index (χ0n) is 10.4. The maximum atomic E-state index is 11.8. The number of ketones is 1. The Labute approximate surface area is 88.0 Å². The number of hydrogen-bond donors (Lipinski definition) is 0. The van der Waals surface area contributed by atoms with Gasteiger partial charge in [0.2, 0.25) is 0 Å². The third-order valence-electron chi connectivity index (χ3n) is 2.28. The fraction of sp³-hybridized carbons (Fsp3) is 0.917. The maximum absolute atomic E-state index is 11.8. The second kappa shape index (κ2) is 4.92. The molecule has 0 atom stereocenters. The minimum absolute atomic E-state index is 0.203. The van der Waals surface area contributed by atoms with Crippen molar-refractivity contribution in [3.8, 4) is 0 Å². The molecule has 0 fully saturated rings. The highest BCUT2D eigenvalue weighted by Gasteiger charge is 2.28. The highest BCUT2D eigenvalue weighted by atomic mass is 16.5. The SMILES string of the molecule is CCOC(C)(C)C(=O)CCC(C)(C)C. The first-order valence-corrected chi connectivity index (χ1v) is 5.36. The van der Waals surface area contributed by atoms with Crippen LogP contribution in [0.25, 0.3) is 0 Å². The summed E-state index contributed by atoms with van der Waals surface area (Å²) < 4.78 is 5.41. The summed E-state index contributed by atoms with van der Waals surface area (Å²) in [5.41, 5.74) is -0.391. The summed E-state index contributed by atoms with van der Waals surface area (Å²) in [6.07, 6.45) is 1.53. The van der Waals surface area contributed by atoms with Crippen LogP contribution in [-0.4, -0.2) is 18.0 Å². The van der Waals surface area contributed by atoms with Crippen LogP contribution in [-0.2, 0) is 9.53 Å². The molecule has 0 radical (unpaired) electrons. The van der Waals surface area contributed by atoms with Crippen molar-refractivity contribution in [2.75, 3.05) is 6.61 Å². The minimum Gasteiger partial charge on any atom is -0.368 e. The summed E-state index contributed by atoms with van der Waals surface area (Å²) in [7, 11) is 0. The lowest BCUT2D eigenvalue weighted by molar-refractivity contribution is -0.140. The quantitative estimate of drug-likeness (QED) is 0.681. The molecule has 0 aliphatic carbocycles. The molecular formula is C12H24O2. The molecular weight excluding hydrogens is 176 g/mol. The number of carbonyl (C=O) groups excluding carboxylic acids is 1. The molecule has 0 N–H and O–H groups in total. The largest absolute Gasteiger partial charge is 0.368 e. The summed E-state index contributed by atoms with van der Waals surface area (Å²) in [6, 6.07) is 0. The fourth-order valence-electron chi connectivity index (χ4n) is 1.23. The number of Topliss-reactive ketones (excluding diaryl/α,β-unsaturated/α-hetero) is 1. The molecule has 0 rings (SSSR count). The van der Waals surface area contributed by atoms with Crippen LogP contribution in [0, 0.1) is 5.41 Å². The summed E-state index contributed by atoms with van der Waals surface area (Å²) >= 11 is 0. The molecule has 0 aromatic rings. The zero-order valence-corrected chi connectivity index (χ0v) is 10.4. The predicted molar refractivity (Wildman–Crippen MR) is 59.4 cm³/mol. The van der Waals surface area contributed by atoms with Crippen molar-refractivity contribution in [1.82, 2.24) is 0 Å².